The molecule has 10 rings (SSSR count). The van der Waals surface area contributed by atoms with E-state index >= 15 is 0 Å². The third kappa shape index (κ3) is 8.56. The largest absolute Gasteiger partial charge is 0.310 e. The summed E-state index contributed by atoms with van der Waals surface area (Å²) in [6.45, 7) is 28.5. The topological polar surface area (TPSA) is 6.48 Å². The van der Waals surface area contributed by atoms with E-state index in [0.29, 0.717) is 0 Å². The SMILES string of the molecule is Cc1ccc(-c2ccc([Si](C)(C)C)cc2)cc1N(c1ccccc1)c1cc(C(C)C)c2ccc3c(N(c4ccccc4)c4cc(-c5ccc([Si](C)(C)C)cc5)ccc4C)cc(C(C)C)c4ccc1c2c43. The lowest BCUT2D eigenvalue weighted by Gasteiger charge is -2.32. The van der Waals surface area contributed by atoms with Crippen LogP contribution in [-0.2, 0) is 0 Å². The summed E-state index contributed by atoms with van der Waals surface area (Å²) in [5.41, 5.74) is 17.2. The molecular weight excluding hydrogens is 877 g/mol. The normalized spacial score (nSPS) is 12.3. The summed E-state index contributed by atoms with van der Waals surface area (Å²) < 4.78 is 0. The van der Waals surface area contributed by atoms with E-state index in [0.717, 1.165) is 11.4 Å². The minimum atomic E-state index is -1.44. The molecule has 4 heteroatoms. The molecule has 0 fully saturated rings. The number of benzene rings is 10. The lowest BCUT2D eigenvalue weighted by Crippen LogP contribution is -2.37. The summed E-state index contributed by atoms with van der Waals surface area (Å²) in [6, 6.07) is 69.5. The van der Waals surface area contributed by atoms with E-state index in [1.54, 1.807) is 0 Å². The van der Waals surface area contributed by atoms with Gasteiger partial charge in [0.05, 0.1) is 27.5 Å². The maximum absolute atomic E-state index is 2.54. The van der Waals surface area contributed by atoms with Crippen molar-refractivity contribution in [1.82, 2.24) is 0 Å². The van der Waals surface area contributed by atoms with Gasteiger partial charge in [0.1, 0.15) is 0 Å². The van der Waals surface area contributed by atoms with Crippen LogP contribution in [0.3, 0.4) is 0 Å². The highest BCUT2D eigenvalue weighted by Crippen LogP contribution is 2.52. The Labute approximate surface area is 419 Å². The standard InChI is InChI=1S/C66H68N2Si2/c1-43(2)59-41-63(67(51-19-15-13-16-20-51)61-39-49(25-23-45(61)5)47-27-31-53(32-28-47)69(7,8)9)57-38-36-56-60(44(3)4)42-64(58-37-35-55(59)65(57)66(56)58)68(52-21-17-14-18-22-52)62-40-50(26-24-46(62)6)48-29-33-54(34-30-48)70(10,11)12/h13-44H,1-12H3. The van der Waals surface area contributed by atoms with Crippen LogP contribution in [0.2, 0.25) is 39.3 Å². The van der Waals surface area contributed by atoms with Crippen LogP contribution in [0.4, 0.5) is 34.1 Å². The Morgan fingerprint density at radius 2 is 0.657 bits per heavy atom. The van der Waals surface area contributed by atoms with Gasteiger partial charge < -0.3 is 9.80 Å². The van der Waals surface area contributed by atoms with Crippen LogP contribution in [-0.4, -0.2) is 16.1 Å². The molecule has 0 unspecified atom stereocenters. The smallest absolute Gasteiger partial charge is 0.0775 e. The molecule has 0 aliphatic heterocycles. The number of rotatable bonds is 12. The highest BCUT2D eigenvalue weighted by Gasteiger charge is 2.28. The Kier molecular flexibility index (Phi) is 12.2. The van der Waals surface area contributed by atoms with Crippen LogP contribution in [0.25, 0.3) is 54.6 Å². The van der Waals surface area contributed by atoms with Crippen molar-refractivity contribution in [2.75, 3.05) is 9.80 Å². The van der Waals surface area contributed by atoms with E-state index in [9.17, 15) is 0 Å². The summed E-state index contributed by atoms with van der Waals surface area (Å²) >= 11 is 0. The zero-order valence-electron chi connectivity index (χ0n) is 43.4. The monoisotopic (exact) mass is 944 g/mol. The zero-order valence-corrected chi connectivity index (χ0v) is 45.4. The minimum Gasteiger partial charge on any atom is -0.310 e. The fourth-order valence-corrected chi connectivity index (χ4v) is 13.0. The van der Waals surface area contributed by atoms with Crippen molar-refractivity contribution in [1.29, 1.82) is 0 Å². The van der Waals surface area contributed by atoms with Gasteiger partial charge in [-0.05, 0) is 140 Å². The molecular formula is C66H68N2Si2. The maximum Gasteiger partial charge on any atom is 0.0775 e. The van der Waals surface area contributed by atoms with Crippen LogP contribution >= 0.6 is 0 Å². The molecule has 0 spiro atoms. The average molecular weight is 945 g/mol. The van der Waals surface area contributed by atoms with Crippen molar-refractivity contribution < 1.29 is 0 Å². The molecule has 0 bridgehead atoms. The van der Waals surface area contributed by atoms with Gasteiger partial charge in [-0.1, -0.05) is 211 Å². The van der Waals surface area contributed by atoms with Gasteiger partial charge in [0.15, 0.2) is 0 Å². The van der Waals surface area contributed by atoms with Gasteiger partial charge in [0.2, 0.25) is 0 Å². The summed E-state index contributed by atoms with van der Waals surface area (Å²) in [4.78, 5) is 5.08. The molecule has 0 saturated carbocycles. The zero-order chi connectivity index (χ0) is 49.2. The van der Waals surface area contributed by atoms with Crippen molar-refractivity contribution in [2.24, 2.45) is 0 Å². The van der Waals surface area contributed by atoms with Crippen LogP contribution in [0.1, 0.15) is 61.8 Å². The van der Waals surface area contributed by atoms with Crippen molar-refractivity contribution >= 4 is 93.0 Å². The van der Waals surface area contributed by atoms with E-state index in [4.69, 9.17) is 0 Å². The van der Waals surface area contributed by atoms with Crippen molar-refractivity contribution in [2.45, 2.75) is 92.7 Å². The minimum absolute atomic E-state index is 0.285. The Morgan fingerprint density at radius 3 is 0.986 bits per heavy atom. The number of aryl methyl sites for hydroxylation is 2. The maximum atomic E-state index is 2.54. The number of anilines is 6. The van der Waals surface area contributed by atoms with Crippen molar-refractivity contribution in [3.8, 4) is 22.3 Å². The molecule has 0 radical (unpaired) electrons. The fourth-order valence-electron chi connectivity index (χ4n) is 10.7. The Hall–Kier alpha value is -6.73. The molecule has 10 aromatic rings. The molecule has 0 amide bonds. The second-order valence-corrected chi connectivity index (χ2v) is 32.5. The Morgan fingerprint density at radius 1 is 0.329 bits per heavy atom. The van der Waals surface area contributed by atoms with Crippen molar-refractivity contribution in [3.63, 3.8) is 0 Å². The summed E-state index contributed by atoms with van der Waals surface area (Å²) in [5, 5.41) is 10.8. The molecule has 70 heavy (non-hydrogen) atoms. The lowest BCUT2D eigenvalue weighted by molar-refractivity contribution is 0.875. The van der Waals surface area contributed by atoms with Gasteiger partial charge in [-0.2, -0.15) is 0 Å². The number of nitrogens with zero attached hydrogens (tertiary/aromatic N) is 2. The van der Waals surface area contributed by atoms with Gasteiger partial charge in [-0.15, -0.1) is 0 Å². The number of hydrogen-bond acceptors (Lipinski definition) is 2. The summed E-state index contributed by atoms with van der Waals surface area (Å²) in [5.74, 6) is 0.571. The molecule has 2 nitrogen and oxygen atoms in total. The molecule has 350 valence electrons. The Balaban J connectivity index is 1.25. The third-order valence-corrected chi connectivity index (χ3v) is 18.9. The molecule has 0 saturated heterocycles. The quantitative estimate of drug-likeness (QED) is 0.0889. The predicted molar refractivity (Wildman–Crippen MR) is 314 cm³/mol. The first-order valence-corrected chi connectivity index (χ1v) is 32.4. The Bertz CT molecular complexity index is 3270. The van der Waals surface area contributed by atoms with Gasteiger partial charge in [-0.25, -0.2) is 0 Å². The van der Waals surface area contributed by atoms with Crippen LogP contribution in [0, 0.1) is 13.8 Å². The first-order chi connectivity index (χ1) is 33.5. The molecule has 0 aromatic heterocycles. The fraction of sp³-hybridized carbons (Fsp3) is 0.212. The van der Waals surface area contributed by atoms with Gasteiger partial charge in [-0.3, -0.25) is 0 Å². The van der Waals surface area contributed by atoms with E-state index in [-0.39, 0.29) is 11.8 Å². The van der Waals surface area contributed by atoms with E-state index in [2.05, 4.69) is 273 Å². The summed E-state index contributed by atoms with van der Waals surface area (Å²) in [6.07, 6.45) is 0. The number of hydrogen-bond donors (Lipinski definition) is 0. The lowest BCUT2D eigenvalue weighted by atomic mass is 9.84. The molecule has 0 atom stereocenters. The van der Waals surface area contributed by atoms with Gasteiger partial charge in [0.25, 0.3) is 0 Å². The molecule has 0 N–H and O–H groups in total. The van der Waals surface area contributed by atoms with E-state index < -0.39 is 16.1 Å². The number of para-hydroxylation sites is 2. The van der Waals surface area contributed by atoms with Gasteiger partial charge in [0, 0.05) is 33.5 Å². The van der Waals surface area contributed by atoms with E-state index in [1.165, 1.54) is 110 Å². The van der Waals surface area contributed by atoms with Crippen LogP contribution in [0.15, 0.2) is 182 Å². The van der Waals surface area contributed by atoms with E-state index in [1.807, 2.05) is 0 Å². The molecule has 10 aromatic carbocycles. The summed E-state index contributed by atoms with van der Waals surface area (Å²) in [7, 11) is -2.88. The van der Waals surface area contributed by atoms with Gasteiger partial charge >= 0.3 is 0 Å². The molecule has 0 heterocycles. The van der Waals surface area contributed by atoms with Crippen LogP contribution < -0.4 is 20.2 Å². The second-order valence-electron chi connectivity index (χ2n) is 22.3. The molecule has 0 aliphatic rings. The van der Waals surface area contributed by atoms with Crippen molar-refractivity contribution in [3.05, 3.63) is 204 Å². The predicted octanol–water partition coefficient (Wildman–Crippen LogP) is 18.8. The second kappa shape index (κ2) is 18.2. The first-order valence-electron chi connectivity index (χ1n) is 25.4. The molecule has 0 aliphatic carbocycles. The average Bonchev–Trinajstić information content (AvgIpc) is 3.35. The highest BCUT2D eigenvalue weighted by atomic mass is 28.3. The third-order valence-electron chi connectivity index (χ3n) is 14.7. The first kappa shape index (κ1) is 47.0. The highest BCUT2D eigenvalue weighted by molar-refractivity contribution is 6.89. The van der Waals surface area contributed by atoms with Crippen LogP contribution in [0.5, 0.6) is 0 Å².